The molecule has 0 unspecified atom stereocenters. The van der Waals surface area contributed by atoms with Gasteiger partial charge in [0.25, 0.3) is 0 Å². The molecule has 2 aromatic rings. The Labute approximate surface area is 124 Å². The Morgan fingerprint density at radius 1 is 1.30 bits per heavy atom. The van der Waals surface area contributed by atoms with Gasteiger partial charge < -0.3 is 15.7 Å². The molecule has 0 bridgehead atoms. The summed E-state index contributed by atoms with van der Waals surface area (Å²) < 4.78 is 1.04. The van der Waals surface area contributed by atoms with Crippen molar-refractivity contribution in [1.29, 1.82) is 0 Å². The largest absolute Gasteiger partial charge is 0.480 e. The molecule has 6 nitrogen and oxygen atoms in total. The molecule has 1 aromatic heterocycles. The van der Waals surface area contributed by atoms with Crippen LogP contribution < -0.4 is 10.6 Å². The molecule has 3 N–H and O–H groups in total. The van der Waals surface area contributed by atoms with Crippen LogP contribution in [0.1, 0.15) is 5.56 Å². The second-order valence-electron chi connectivity index (χ2n) is 4.12. The summed E-state index contributed by atoms with van der Waals surface area (Å²) in [7, 11) is 0. The smallest absolute Gasteiger partial charge is 0.322 e. The van der Waals surface area contributed by atoms with Crippen molar-refractivity contribution in [1.82, 2.24) is 9.97 Å². The number of benzene rings is 1. The minimum Gasteiger partial charge on any atom is -0.480 e. The van der Waals surface area contributed by atoms with Crippen LogP contribution in [0.5, 0.6) is 0 Å². The molecule has 0 radical (unpaired) electrons. The standard InChI is InChI=1S/C13H13BrN4O2/c1-8-4-9(2-3-10(8)14)18-12-6-15-11(5-16-12)17-7-13(19)20/h2-6H,7H2,1H3,(H,15,17)(H,16,18)(H,19,20). The molecule has 0 amide bonds. The number of rotatable bonds is 5. The van der Waals surface area contributed by atoms with E-state index in [-0.39, 0.29) is 6.54 Å². The Balaban J connectivity index is 2.02. The second kappa shape index (κ2) is 6.33. The number of hydrogen-bond acceptors (Lipinski definition) is 5. The third kappa shape index (κ3) is 3.92. The van der Waals surface area contributed by atoms with E-state index in [2.05, 4.69) is 36.5 Å². The van der Waals surface area contributed by atoms with E-state index < -0.39 is 5.97 Å². The topological polar surface area (TPSA) is 87.1 Å². The summed E-state index contributed by atoms with van der Waals surface area (Å²) in [5.41, 5.74) is 2.02. The van der Waals surface area contributed by atoms with E-state index in [0.717, 1.165) is 15.7 Å². The van der Waals surface area contributed by atoms with Gasteiger partial charge in [0.15, 0.2) is 0 Å². The van der Waals surface area contributed by atoms with E-state index in [1.807, 2.05) is 25.1 Å². The number of anilines is 3. The van der Waals surface area contributed by atoms with E-state index in [4.69, 9.17) is 5.11 Å². The van der Waals surface area contributed by atoms with Gasteiger partial charge in [0.1, 0.15) is 18.2 Å². The quantitative estimate of drug-likeness (QED) is 0.778. The third-order valence-corrected chi connectivity index (χ3v) is 3.39. The molecule has 2 rings (SSSR count). The summed E-state index contributed by atoms with van der Waals surface area (Å²) in [5, 5.41) is 14.3. The van der Waals surface area contributed by atoms with Crippen molar-refractivity contribution < 1.29 is 9.90 Å². The highest BCUT2D eigenvalue weighted by Gasteiger charge is 2.02. The number of carboxylic acid groups (broad SMARTS) is 1. The van der Waals surface area contributed by atoms with Crippen molar-refractivity contribution in [3.8, 4) is 0 Å². The predicted octanol–water partition coefficient (Wildman–Crippen LogP) is 2.79. The lowest BCUT2D eigenvalue weighted by Crippen LogP contribution is -2.13. The number of carbonyl (C=O) groups is 1. The second-order valence-corrected chi connectivity index (χ2v) is 4.98. The maximum Gasteiger partial charge on any atom is 0.322 e. The van der Waals surface area contributed by atoms with Gasteiger partial charge in [-0.15, -0.1) is 0 Å². The highest BCUT2D eigenvalue weighted by Crippen LogP contribution is 2.22. The van der Waals surface area contributed by atoms with Crippen molar-refractivity contribution in [2.45, 2.75) is 6.92 Å². The van der Waals surface area contributed by atoms with Gasteiger partial charge in [0, 0.05) is 10.2 Å². The Morgan fingerprint density at radius 2 is 2.00 bits per heavy atom. The van der Waals surface area contributed by atoms with Crippen LogP contribution in [0.4, 0.5) is 17.3 Å². The fraction of sp³-hybridized carbons (Fsp3) is 0.154. The number of hydrogen-bond donors (Lipinski definition) is 3. The molecular weight excluding hydrogens is 324 g/mol. The minimum absolute atomic E-state index is 0.187. The zero-order valence-corrected chi connectivity index (χ0v) is 12.3. The highest BCUT2D eigenvalue weighted by atomic mass is 79.9. The van der Waals surface area contributed by atoms with Crippen LogP contribution in [-0.4, -0.2) is 27.6 Å². The molecule has 0 aliphatic carbocycles. The number of halogens is 1. The molecule has 0 aliphatic rings. The molecule has 1 aromatic carbocycles. The van der Waals surface area contributed by atoms with Crippen molar-refractivity contribution in [2.24, 2.45) is 0 Å². The number of nitrogens with one attached hydrogen (secondary N) is 2. The van der Waals surface area contributed by atoms with Gasteiger partial charge in [-0.1, -0.05) is 15.9 Å². The van der Waals surface area contributed by atoms with Gasteiger partial charge in [0.2, 0.25) is 0 Å². The summed E-state index contributed by atoms with van der Waals surface area (Å²) in [6, 6.07) is 5.87. The summed E-state index contributed by atoms with van der Waals surface area (Å²) in [6.07, 6.45) is 3.03. The lowest BCUT2D eigenvalue weighted by Gasteiger charge is -2.08. The van der Waals surface area contributed by atoms with E-state index in [1.165, 1.54) is 6.20 Å². The number of aliphatic carboxylic acids is 1. The molecule has 0 spiro atoms. The zero-order chi connectivity index (χ0) is 14.5. The zero-order valence-electron chi connectivity index (χ0n) is 10.7. The highest BCUT2D eigenvalue weighted by molar-refractivity contribution is 9.10. The van der Waals surface area contributed by atoms with E-state index >= 15 is 0 Å². The molecule has 20 heavy (non-hydrogen) atoms. The molecule has 1 heterocycles. The van der Waals surface area contributed by atoms with E-state index in [1.54, 1.807) is 6.20 Å². The minimum atomic E-state index is -0.945. The van der Waals surface area contributed by atoms with Gasteiger partial charge >= 0.3 is 5.97 Å². The lowest BCUT2D eigenvalue weighted by molar-refractivity contribution is -0.134. The molecule has 0 fully saturated rings. The molecule has 0 saturated carbocycles. The average molecular weight is 337 g/mol. The fourth-order valence-electron chi connectivity index (χ4n) is 1.52. The molecule has 0 aliphatic heterocycles. The molecule has 0 atom stereocenters. The first-order valence-corrected chi connectivity index (χ1v) is 6.65. The first kappa shape index (κ1) is 14.3. The maximum atomic E-state index is 10.4. The predicted molar refractivity (Wildman–Crippen MR) is 80.3 cm³/mol. The van der Waals surface area contributed by atoms with Crippen molar-refractivity contribution in [3.63, 3.8) is 0 Å². The van der Waals surface area contributed by atoms with Crippen molar-refractivity contribution in [2.75, 3.05) is 17.2 Å². The monoisotopic (exact) mass is 336 g/mol. The number of aryl methyl sites for hydroxylation is 1. The van der Waals surface area contributed by atoms with Crippen LogP contribution in [0.15, 0.2) is 35.1 Å². The Bertz CT molecular complexity index is 616. The van der Waals surface area contributed by atoms with Crippen LogP contribution >= 0.6 is 15.9 Å². The first-order valence-electron chi connectivity index (χ1n) is 5.85. The molecular formula is C13H13BrN4O2. The van der Waals surface area contributed by atoms with Crippen LogP contribution in [-0.2, 0) is 4.79 Å². The van der Waals surface area contributed by atoms with Crippen LogP contribution in [0.3, 0.4) is 0 Å². The van der Waals surface area contributed by atoms with Gasteiger partial charge in [0.05, 0.1) is 12.4 Å². The first-order chi connectivity index (χ1) is 9.54. The molecule has 104 valence electrons. The van der Waals surface area contributed by atoms with Gasteiger partial charge in [-0.3, -0.25) is 4.79 Å². The van der Waals surface area contributed by atoms with Crippen LogP contribution in [0.25, 0.3) is 0 Å². The number of carboxylic acids is 1. The Kier molecular flexibility index (Phi) is 4.52. The summed E-state index contributed by atoms with van der Waals surface area (Å²) in [4.78, 5) is 18.7. The van der Waals surface area contributed by atoms with Crippen molar-refractivity contribution in [3.05, 3.63) is 40.6 Å². The van der Waals surface area contributed by atoms with E-state index in [9.17, 15) is 4.79 Å². The van der Waals surface area contributed by atoms with Gasteiger partial charge in [-0.05, 0) is 30.7 Å². The Hall–Kier alpha value is -2.15. The SMILES string of the molecule is Cc1cc(Nc2cnc(NCC(=O)O)cn2)ccc1Br. The summed E-state index contributed by atoms with van der Waals surface area (Å²) >= 11 is 3.44. The lowest BCUT2D eigenvalue weighted by atomic mass is 10.2. The Morgan fingerprint density at radius 3 is 2.60 bits per heavy atom. The molecule has 7 heteroatoms. The maximum absolute atomic E-state index is 10.4. The number of nitrogens with zero attached hydrogens (tertiary/aromatic N) is 2. The fourth-order valence-corrected chi connectivity index (χ4v) is 1.77. The average Bonchev–Trinajstić information content (AvgIpc) is 2.42. The summed E-state index contributed by atoms with van der Waals surface area (Å²) in [6.45, 7) is 1.81. The van der Waals surface area contributed by atoms with Gasteiger partial charge in [-0.2, -0.15) is 0 Å². The van der Waals surface area contributed by atoms with Crippen LogP contribution in [0, 0.1) is 6.92 Å². The molecule has 0 saturated heterocycles. The van der Waals surface area contributed by atoms with Gasteiger partial charge in [-0.25, -0.2) is 9.97 Å². The number of aromatic nitrogens is 2. The van der Waals surface area contributed by atoms with Crippen LogP contribution in [0.2, 0.25) is 0 Å². The summed E-state index contributed by atoms with van der Waals surface area (Å²) in [5.74, 6) is 0.0665. The normalized spacial score (nSPS) is 10.1. The van der Waals surface area contributed by atoms with E-state index in [0.29, 0.717) is 11.6 Å². The van der Waals surface area contributed by atoms with Crippen molar-refractivity contribution >= 4 is 39.2 Å². The third-order valence-electron chi connectivity index (χ3n) is 2.50.